The van der Waals surface area contributed by atoms with Gasteiger partial charge in [-0.15, -0.1) is 0 Å². The van der Waals surface area contributed by atoms with Crippen LogP contribution in [-0.2, 0) is 0 Å². The number of hydrogen-bond acceptors (Lipinski definition) is 1. The summed E-state index contributed by atoms with van der Waals surface area (Å²) in [4.78, 5) is 0. The van der Waals surface area contributed by atoms with Gasteiger partial charge in [-0.1, -0.05) is 77.5 Å². The minimum absolute atomic E-state index is 0.831. The number of hydrogen-bond donors (Lipinski definition) is 0. The van der Waals surface area contributed by atoms with Crippen molar-refractivity contribution < 1.29 is 4.74 Å². The molecule has 0 aliphatic heterocycles. The third-order valence-corrected chi connectivity index (χ3v) is 4.48. The summed E-state index contributed by atoms with van der Waals surface area (Å²) in [7, 11) is 0. The van der Waals surface area contributed by atoms with E-state index in [-0.39, 0.29) is 0 Å². The molecule has 0 aliphatic rings. The lowest BCUT2D eigenvalue weighted by Gasteiger charge is -2.07. The molecule has 0 aromatic heterocycles. The first-order valence-electron chi connectivity index (χ1n) is 8.67. The lowest BCUT2D eigenvalue weighted by Crippen LogP contribution is -1.97. The number of unbranched alkanes of at least 4 members (excludes halogenated alkanes) is 6. The van der Waals surface area contributed by atoms with Crippen molar-refractivity contribution >= 4 is 26.2 Å². The molecule has 0 amide bonds. The molecule has 2 heteroatoms. The topological polar surface area (TPSA) is 9.23 Å². The first kappa shape index (κ1) is 19.5. The summed E-state index contributed by atoms with van der Waals surface area (Å²) in [5, 5.41) is 0. The first-order valence-corrected chi connectivity index (χ1v) is 9.75. The van der Waals surface area contributed by atoms with Crippen LogP contribution in [0.5, 0.6) is 5.75 Å². The van der Waals surface area contributed by atoms with Gasteiger partial charge in [-0.25, -0.2) is 0 Å². The van der Waals surface area contributed by atoms with Crippen molar-refractivity contribution in [1.29, 1.82) is 0 Å². The van der Waals surface area contributed by atoms with Crippen molar-refractivity contribution in [2.45, 2.75) is 65.2 Å². The van der Waals surface area contributed by atoms with Crippen molar-refractivity contribution in [3.8, 4) is 5.75 Å². The second kappa shape index (κ2) is 12.0. The summed E-state index contributed by atoms with van der Waals surface area (Å²) >= 11 is 2.24. The molecule has 0 fully saturated rings. The molecule has 0 saturated carbocycles. The molecule has 0 bridgehead atoms. The Kier molecular flexibility index (Phi) is 10.6. The van der Waals surface area contributed by atoms with E-state index in [2.05, 4.69) is 55.2 Å². The highest BCUT2D eigenvalue weighted by Crippen LogP contribution is 2.22. The largest absolute Gasteiger partial charge is 0.494 e. The molecule has 1 rings (SSSR count). The Morgan fingerprint density at radius 3 is 2.05 bits per heavy atom. The fourth-order valence-corrected chi connectivity index (χ4v) is 2.82. The predicted molar refractivity (Wildman–Crippen MR) is 107 cm³/mol. The molecule has 1 aromatic rings. The van der Waals surface area contributed by atoms with Crippen LogP contribution in [0.25, 0.3) is 3.58 Å². The standard InChI is InChI=1S/C20H31IO/c1-17(2)11-9-7-5-4-6-8-10-16-22-20-14-12-19(13-15-20)18(3)21/h12-15,17H,3-11,16H2,1-2H3. The molecular weight excluding hydrogens is 383 g/mol. The molecule has 0 aliphatic carbocycles. The molecule has 0 atom stereocenters. The first-order chi connectivity index (χ1) is 10.6. The minimum atomic E-state index is 0.831. The van der Waals surface area contributed by atoms with E-state index in [1.165, 1.54) is 50.5 Å². The summed E-state index contributed by atoms with van der Waals surface area (Å²) in [6, 6.07) is 8.21. The maximum atomic E-state index is 5.78. The van der Waals surface area contributed by atoms with Crippen molar-refractivity contribution in [3.63, 3.8) is 0 Å². The summed E-state index contributed by atoms with van der Waals surface area (Å²) in [5.74, 6) is 1.83. The maximum absolute atomic E-state index is 5.78. The molecule has 0 saturated heterocycles. The second-order valence-corrected chi connectivity index (χ2v) is 7.74. The molecule has 0 heterocycles. The zero-order chi connectivity index (χ0) is 16.2. The van der Waals surface area contributed by atoms with Crippen LogP contribution in [0.4, 0.5) is 0 Å². The van der Waals surface area contributed by atoms with Crippen LogP contribution in [0.15, 0.2) is 30.8 Å². The Labute approximate surface area is 150 Å². The van der Waals surface area contributed by atoms with Crippen LogP contribution in [0.3, 0.4) is 0 Å². The van der Waals surface area contributed by atoms with Crippen molar-refractivity contribution in [2.75, 3.05) is 6.61 Å². The number of benzene rings is 1. The monoisotopic (exact) mass is 414 g/mol. The van der Waals surface area contributed by atoms with E-state index in [0.717, 1.165) is 28.3 Å². The van der Waals surface area contributed by atoms with Gasteiger partial charge in [0.25, 0.3) is 0 Å². The molecule has 124 valence electrons. The van der Waals surface area contributed by atoms with Crippen LogP contribution in [0, 0.1) is 5.92 Å². The van der Waals surface area contributed by atoms with Gasteiger partial charge in [0.15, 0.2) is 0 Å². The van der Waals surface area contributed by atoms with E-state index in [0.29, 0.717) is 0 Å². The van der Waals surface area contributed by atoms with Gasteiger partial charge in [0.1, 0.15) is 5.75 Å². The van der Waals surface area contributed by atoms with Crippen molar-refractivity contribution in [3.05, 3.63) is 36.4 Å². The SMILES string of the molecule is C=C(I)c1ccc(OCCCCCCCCCC(C)C)cc1. The second-order valence-electron chi connectivity index (χ2n) is 6.44. The molecule has 1 aromatic carbocycles. The van der Waals surface area contributed by atoms with Crippen LogP contribution in [0.1, 0.15) is 70.8 Å². The molecular formula is C20H31IO. The molecule has 0 spiro atoms. The van der Waals surface area contributed by atoms with Crippen LogP contribution < -0.4 is 4.74 Å². The molecule has 0 radical (unpaired) electrons. The third-order valence-electron chi connectivity index (χ3n) is 3.86. The predicted octanol–water partition coefficient (Wildman–Crippen LogP) is 7.25. The van der Waals surface area contributed by atoms with Gasteiger partial charge in [0.2, 0.25) is 0 Å². The van der Waals surface area contributed by atoms with Crippen LogP contribution >= 0.6 is 22.6 Å². The fourth-order valence-electron chi connectivity index (χ4n) is 2.46. The Morgan fingerprint density at radius 1 is 0.955 bits per heavy atom. The highest BCUT2D eigenvalue weighted by molar-refractivity contribution is 14.1. The highest BCUT2D eigenvalue weighted by atomic mass is 127. The third kappa shape index (κ3) is 9.50. The van der Waals surface area contributed by atoms with E-state index < -0.39 is 0 Å². The Balaban J connectivity index is 1.96. The summed E-state index contributed by atoms with van der Waals surface area (Å²) in [6.45, 7) is 9.39. The summed E-state index contributed by atoms with van der Waals surface area (Å²) in [5.41, 5.74) is 1.17. The van der Waals surface area contributed by atoms with Crippen LogP contribution in [0.2, 0.25) is 0 Å². The average Bonchev–Trinajstić information content (AvgIpc) is 2.49. The van der Waals surface area contributed by atoms with Gasteiger partial charge in [0, 0.05) is 3.58 Å². The van der Waals surface area contributed by atoms with Crippen LogP contribution in [-0.4, -0.2) is 6.61 Å². The van der Waals surface area contributed by atoms with Gasteiger partial charge in [-0.05, 0) is 52.6 Å². The quantitative estimate of drug-likeness (QED) is 0.259. The van der Waals surface area contributed by atoms with E-state index in [1.807, 2.05) is 12.1 Å². The van der Waals surface area contributed by atoms with Crippen molar-refractivity contribution in [1.82, 2.24) is 0 Å². The van der Waals surface area contributed by atoms with E-state index in [9.17, 15) is 0 Å². The van der Waals surface area contributed by atoms with Gasteiger partial charge in [0.05, 0.1) is 6.61 Å². The summed E-state index contributed by atoms with van der Waals surface area (Å²) in [6.07, 6.45) is 10.8. The molecule has 0 N–H and O–H groups in total. The van der Waals surface area contributed by atoms with E-state index in [1.54, 1.807) is 0 Å². The minimum Gasteiger partial charge on any atom is -0.494 e. The molecule has 0 unspecified atom stereocenters. The van der Waals surface area contributed by atoms with Gasteiger partial charge >= 0.3 is 0 Å². The number of halogens is 1. The Bertz CT molecular complexity index is 408. The number of ether oxygens (including phenoxy) is 1. The fraction of sp³-hybridized carbons (Fsp3) is 0.600. The molecule has 1 nitrogen and oxygen atoms in total. The maximum Gasteiger partial charge on any atom is 0.119 e. The van der Waals surface area contributed by atoms with Gasteiger partial charge in [-0.2, -0.15) is 0 Å². The Morgan fingerprint density at radius 2 is 1.50 bits per heavy atom. The van der Waals surface area contributed by atoms with Gasteiger partial charge in [-0.3, -0.25) is 0 Å². The van der Waals surface area contributed by atoms with E-state index >= 15 is 0 Å². The lowest BCUT2D eigenvalue weighted by molar-refractivity contribution is 0.304. The zero-order valence-corrected chi connectivity index (χ0v) is 16.4. The highest BCUT2D eigenvalue weighted by Gasteiger charge is 1.98. The Hall–Kier alpha value is -0.510. The zero-order valence-electron chi connectivity index (χ0n) is 14.2. The average molecular weight is 414 g/mol. The summed E-state index contributed by atoms with van der Waals surface area (Å²) < 4.78 is 6.85. The smallest absolute Gasteiger partial charge is 0.119 e. The lowest BCUT2D eigenvalue weighted by atomic mass is 10.0. The molecule has 22 heavy (non-hydrogen) atoms. The van der Waals surface area contributed by atoms with E-state index in [4.69, 9.17) is 4.74 Å². The normalized spacial score (nSPS) is 10.9. The number of rotatable bonds is 12. The van der Waals surface area contributed by atoms with Gasteiger partial charge < -0.3 is 4.74 Å². The van der Waals surface area contributed by atoms with Crippen molar-refractivity contribution in [2.24, 2.45) is 5.92 Å².